The molecule has 160 valence electrons. The summed E-state index contributed by atoms with van der Waals surface area (Å²) < 4.78 is 28.1. The first-order valence-corrected chi connectivity index (χ1v) is 11.4. The molecule has 0 aromatic heterocycles. The van der Waals surface area contributed by atoms with E-state index in [-0.39, 0.29) is 18.4 Å². The first-order valence-electron chi connectivity index (χ1n) is 9.76. The largest absolute Gasteiger partial charge is 0.462 e. The fourth-order valence-electron chi connectivity index (χ4n) is 5.42. The maximum absolute atomic E-state index is 12.9. The van der Waals surface area contributed by atoms with Crippen LogP contribution in [0, 0.1) is 22.7 Å². The second kappa shape index (κ2) is 7.70. The van der Waals surface area contributed by atoms with E-state index in [1.165, 1.54) is 18.6 Å². The number of ether oxygens (including phenoxy) is 3. The van der Waals surface area contributed by atoms with Gasteiger partial charge in [-0.1, -0.05) is 20.4 Å². The van der Waals surface area contributed by atoms with Gasteiger partial charge in [-0.2, -0.15) is 0 Å². The average Bonchev–Trinajstić information content (AvgIpc) is 3.06. The van der Waals surface area contributed by atoms with Crippen LogP contribution in [0.4, 0.5) is 0 Å². The molecule has 1 spiro atoms. The molecule has 0 aromatic rings. The number of hydrogen-bond acceptors (Lipinski definition) is 7. The van der Waals surface area contributed by atoms with Crippen molar-refractivity contribution in [1.82, 2.24) is 0 Å². The predicted octanol–water partition coefficient (Wildman–Crippen LogP) is 2.28. The Kier molecular flexibility index (Phi) is 5.77. The van der Waals surface area contributed by atoms with E-state index in [0.717, 1.165) is 12.5 Å². The van der Waals surface area contributed by atoms with Crippen molar-refractivity contribution in [2.75, 3.05) is 12.9 Å². The first kappa shape index (κ1) is 21.7. The van der Waals surface area contributed by atoms with Crippen molar-refractivity contribution >= 4 is 28.7 Å². The normalized spacial score (nSPS) is 40.0. The van der Waals surface area contributed by atoms with Gasteiger partial charge in [-0.3, -0.25) is 13.8 Å². The van der Waals surface area contributed by atoms with E-state index in [2.05, 4.69) is 20.4 Å². The number of fused-ring (bicyclic) bond motifs is 1. The Morgan fingerprint density at radius 2 is 2.00 bits per heavy atom. The molecule has 0 unspecified atom stereocenters. The van der Waals surface area contributed by atoms with Gasteiger partial charge >= 0.3 is 17.9 Å². The smallest absolute Gasteiger partial charge is 0.331 e. The molecule has 3 fully saturated rings. The molecule has 29 heavy (non-hydrogen) atoms. The van der Waals surface area contributed by atoms with Gasteiger partial charge in [-0.05, 0) is 36.2 Å². The van der Waals surface area contributed by atoms with Crippen LogP contribution in [0.25, 0.3) is 0 Å². The topological polar surface area (TPSA) is 96.0 Å². The zero-order valence-corrected chi connectivity index (χ0v) is 18.1. The third-order valence-electron chi connectivity index (χ3n) is 6.97. The molecule has 0 bridgehead atoms. The highest BCUT2D eigenvalue weighted by Gasteiger charge is 2.71. The third kappa shape index (κ3) is 3.56. The monoisotopic (exact) mass is 424 g/mol. The fourth-order valence-corrected chi connectivity index (χ4v) is 5.72. The molecule has 7 nitrogen and oxygen atoms in total. The standard InChI is InChI=1S/C21H28O7S/c1-12-6-7-15(27-14(3)22)17-18(28-16(23)8-9-29(5)25)21(11-20(12,17)4)13(2)10-26-19(21)24/h8-9,12,15,17-18H,2,6-7,10-11H2,1,3-5H3/b9-8-/t12-,15-,17+,18+,20+,21+,29-/m0/s1. The summed E-state index contributed by atoms with van der Waals surface area (Å²) in [6, 6.07) is 0. The van der Waals surface area contributed by atoms with Crippen LogP contribution in [0.1, 0.15) is 40.0 Å². The molecule has 3 rings (SSSR count). The Balaban J connectivity index is 2.07. The number of hydrogen-bond donors (Lipinski definition) is 0. The molecule has 8 heteroatoms. The van der Waals surface area contributed by atoms with E-state index in [0.29, 0.717) is 18.4 Å². The lowest BCUT2D eigenvalue weighted by atomic mass is 9.61. The van der Waals surface area contributed by atoms with Crippen molar-refractivity contribution in [2.24, 2.45) is 22.7 Å². The summed E-state index contributed by atoms with van der Waals surface area (Å²) in [4.78, 5) is 37.2. The van der Waals surface area contributed by atoms with E-state index in [9.17, 15) is 18.6 Å². The summed E-state index contributed by atoms with van der Waals surface area (Å²) in [6.45, 7) is 9.66. The summed E-state index contributed by atoms with van der Waals surface area (Å²) in [5, 5.41) is 1.23. The Morgan fingerprint density at radius 3 is 2.55 bits per heavy atom. The molecule has 1 heterocycles. The van der Waals surface area contributed by atoms with Gasteiger partial charge in [0.25, 0.3) is 0 Å². The van der Waals surface area contributed by atoms with Crippen LogP contribution in [0.2, 0.25) is 0 Å². The van der Waals surface area contributed by atoms with Gasteiger partial charge in [-0.25, -0.2) is 4.79 Å². The highest BCUT2D eigenvalue weighted by atomic mass is 32.2. The zero-order chi connectivity index (χ0) is 21.6. The van der Waals surface area contributed by atoms with E-state index in [1.54, 1.807) is 0 Å². The molecular formula is C21H28O7S. The van der Waals surface area contributed by atoms with Crippen molar-refractivity contribution in [3.63, 3.8) is 0 Å². The zero-order valence-electron chi connectivity index (χ0n) is 17.3. The maximum atomic E-state index is 12.9. The highest BCUT2D eigenvalue weighted by Crippen LogP contribution is 2.66. The van der Waals surface area contributed by atoms with Crippen LogP contribution in [-0.2, 0) is 39.4 Å². The Bertz CT molecular complexity index is 785. The first-order chi connectivity index (χ1) is 13.5. The Labute approximate surface area is 173 Å². The van der Waals surface area contributed by atoms with Crippen LogP contribution in [0.5, 0.6) is 0 Å². The van der Waals surface area contributed by atoms with E-state index < -0.39 is 51.7 Å². The molecule has 0 radical (unpaired) electrons. The van der Waals surface area contributed by atoms with Gasteiger partial charge in [0.2, 0.25) is 0 Å². The lowest BCUT2D eigenvalue weighted by Gasteiger charge is -2.46. The van der Waals surface area contributed by atoms with Crippen LogP contribution in [0.15, 0.2) is 23.6 Å². The van der Waals surface area contributed by atoms with Crippen LogP contribution in [-0.4, -0.2) is 47.2 Å². The number of esters is 3. The highest BCUT2D eigenvalue weighted by molar-refractivity contribution is 7.87. The minimum Gasteiger partial charge on any atom is -0.462 e. The summed E-state index contributed by atoms with van der Waals surface area (Å²) in [7, 11) is -1.31. The molecule has 7 atom stereocenters. The van der Waals surface area contributed by atoms with Gasteiger partial charge in [0.1, 0.15) is 24.2 Å². The Morgan fingerprint density at radius 1 is 1.31 bits per heavy atom. The van der Waals surface area contributed by atoms with E-state index in [1.807, 2.05) is 0 Å². The van der Waals surface area contributed by atoms with Crippen LogP contribution in [0.3, 0.4) is 0 Å². The van der Waals surface area contributed by atoms with Gasteiger partial charge in [0, 0.05) is 41.4 Å². The lowest BCUT2D eigenvalue weighted by Crippen LogP contribution is -2.50. The lowest BCUT2D eigenvalue weighted by molar-refractivity contribution is -0.172. The summed E-state index contributed by atoms with van der Waals surface area (Å²) in [5.41, 5.74) is -0.995. The van der Waals surface area contributed by atoms with Crippen LogP contribution >= 0.6 is 0 Å². The molecular weight excluding hydrogens is 396 g/mol. The minimum atomic E-state index is -1.31. The third-order valence-corrected chi connectivity index (χ3v) is 7.49. The quantitative estimate of drug-likeness (QED) is 0.296. The molecule has 2 aliphatic carbocycles. The molecule has 0 aromatic carbocycles. The van der Waals surface area contributed by atoms with Gasteiger partial charge in [-0.15, -0.1) is 0 Å². The second-order valence-corrected chi connectivity index (χ2v) is 9.91. The van der Waals surface area contributed by atoms with Gasteiger partial charge in [0.05, 0.1) is 0 Å². The predicted molar refractivity (Wildman–Crippen MR) is 106 cm³/mol. The summed E-state index contributed by atoms with van der Waals surface area (Å²) in [6.07, 6.45) is 3.08. The van der Waals surface area contributed by atoms with E-state index >= 15 is 0 Å². The molecule has 0 amide bonds. The molecule has 1 aliphatic heterocycles. The van der Waals surface area contributed by atoms with Crippen molar-refractivity contribution in [3.8, 4) is 0 Å². The Hall–Kier alpha value is -1.96. The number of cyclic esters (lactones) is 1. The molecule has 2 saturated carbocycles. The SMILES string of the molecule is C=C1COC(=O)[C@]12C[C@@]1(C)[C@H]([C@@H](OC(C)=O)CC[C@@H]1C)[C@H]2OC(=O)/C=C\[S@](C)=O. The van der Waals surface area contributed by atoms with Gasteiger partial charge in [0.15, 0.2) is 0 Å². The maximum Gasteiger partial charge on any atom is 0.331 e. The molecule has 0 N–H and O–H groups in total. The van der Waals surface area contributed by atoms with Crippen molar-refractivity contribution in [3.05, 3.63) is 23.6 Å². The summed E-state index contributed by atoms with van der Waals surface area (Å²) in [5.74, 6) is -1.71. The average molecular weight is 425 g/mol. The van der Waals surface area contributed by atoms with Gasteiger partial charge < -0.3 is 14.2 Å². The van der Waals surface area contributed by atoms with Crippen molar-refractivity contribution < 1.29 is 32.8 Å². The second-order valence-electron chi connectivity index (χ2n) is 8.64. The molecule has 1 saturated heterocycles. The van der Waals surface area contributed by atoms with E-state index in [4.69, 9.17) is 14.2 Å². The van der Waals surface area contributed by atoms with Crippen molar-refractivity contribution in [2.45, 2.75) is 52.2 Å². The fraction of sp³-hybridized carbons (Fsp3) is 0.667. The number of carbonyl (C=O) groups excluding carboxylic acids is 3. The number of carbonyl (C=O) groups is 3. The molecule has 3 aliphatic rings. The minimum absolute atomic E-state index is 0.0805. The van der Waals surface area contributed by atoms with Crippen LogP contribution < -0.4 is 0 Å². The van der Waals surface area contributed by atoms with Crippen molar-refractivity contribution in [1.29, 1.82) is 0 Å². The summed E-state index contributed by atoms with van der Waals surface area (Å²) >= 11 is 0. The number of rotatable bonds is 4.